The van der Waals surface area contributed by atoms with Crippen LogP contribution in [-0.2, 0) is 4.79 Å². The second kappa shape index (κ2) is 11.7. The smallest absolute Gasteiger partial charge is 0.344 e. The molecule has 4 rings (SSSR count). The molecule has 0 atom stereocenters. The number of anilines is 1. The highest BCUT2D eigenvalue weighted by atomic mass is 16.6. The molecule has 7 heteroatoms. The maximum Gasteiger partial charge on any atom is 0.344 e. The van der Waals surface area contributed by atoms with Crippen LogP contribution < -0.4 is 20.2 Å². The van der Waals surface area contributed by atoms with Crippen LogP contribution in [0.2, 0.25) is 0 Å². The van der Waals surface area contributed by atoms with Gasteiger partial charge in [-0.25, -0.2) is 10.2 Å². The Balaban J connectivity index is 1.40. The monoisotopic (exact) mass is 481 g/mol. The van der Waals surface area contributed by atoms with E-state index in [0.717, 1.165) is 22.0 Å². The fraction of sp³-hybridized carbons (Fsp3) is 0.138. The lowest BCUT2D eigenvalue weighted by Gasteiger charge is -2.12. The number of esters is 1. The third kappa shape index (κ3) is 6.27. The van der Waals surface area contributed by atoms with Crippen molar-refractivity contribution in [1.29, 1.82) is 0 Å². The summed E-state index contributed by atoms with van der Waals surface area (Å²) in [5.74, 6) is -0.0410. The van der Waals surface area contributed by atoms with Crippen molar-refractivity contribution < 1.29 is 19.1 Å². The Kier molecular flexibility index (Phi) is 7.93. The zero-order chi connectivity index (χ0) is 25.3. The fourth-order valence-corrected chi connectivity index (χ4v) is 3.59. The number of amides is 1. The van der Waals surface area contributed by atoms with Gasteiger partial charge in [0.1, 0.15) is 0 Å². The number of benzene rings is 4. The third-order valence-corrected chi connectivity index (χ3v) is 5.39. The van der Waals surface area contributed by atoms with Gasteiger partial charge in [0.2, 0.25) is 0 Å². The van der Waals surface area contributed by atoms with Crippen LogP contribution in [0.1, 0.15) is 28.4 Å². The van der Waals surface area contributed by atoms with Crippen LogP contribution in [0.3, 0.4) is 0 Å². The number of carbonyl (C=O) groups is 2. The number of fused-ring (bicyclic) bond motifs is 1. The van der Waals surface area contributed by atoms with Gasteiger partial charge in [-0.05, 0) is 66.6 Å². The highest BCUT2D eigenvalue weighted by Crippen LogP contribution is 2.30. The summed E-state index contributed by atoms with van der Waals surface area (Å²) in [6, 6.07) is 26.0. The number of aryl methyl sites for hydroxylation is 1. The first-order valence-corrected chi connectivity index (χ1v) is 11.6. The highest BCUT2D eigenvalue weighted by molar-refractivity contribution is 6.05. The van der Waals surface area contributed by atoms with Crippen LogP contribution >= 0.6 is 0 Å². The summed E-state index contributed by atoms with van der Waals surface area (Å²) >= 11 is 0. The number of carbonyl (C=O) groups excluding carboxylic acids is 2. The minimum absolute atomic E-state index is 0.0909. The Hall–Kier alpha value is -4.65. The van der Waals surface area contributed by atoms with Gasteiger partial charge in [0, 0.05) is 5.69 Å². The van der Waals surface area contributed by atoms with Gasteiger partial charge in [-0.15, -0.1) is 0 Å². The molecule has 0 aliphatic carbocycles. The predicted molar refractivity (Wildman–Crippen MR) is 142 cm³/mol. The first-order chi connectivity index (χ1) is 17.5. The summed E-state index contributed by atoms with van der Waals surface area (Å²) in [7, 11) is 0. The number of hydrazone groups is 1. The van der Waals surface area contributed by atoms with E-state index in [-0.39, 0.29) is 12.5 Å². The van der Waals surface area contributed by atoms with Crippen LogP contribution in [0.25, 0.3) is 10.8 Å². The minimum Gasteiger partial charge on any atom is -0.490 e. The van der Waals surface area contributed by atoms with E-state index in [0.29, 0.717) is 29.2 Å². The Labute approximate surface area is 209 Å². The first-order valence-electron chi connectivity index (χ1n) is 11.6. The summed E-state index contributed by atoms with van der Waals surface area (Å²) in [6.45, 7) is 4.33. The molecule has 0 saturated carbocycles. The number of nitrogens with zero attached hydrogens (tertiary/aromatic N) is 1. The second-order valence-corrected chi connectivity index (χ2v) is 8.07. The molecule has 4 aromatic carbocycles. The molecule has 0 radical (unpaired) electrons. The maximum absolute atomic E-state index is 12.9. The van der Waals surface area contributed by atoms with Crippen LogP contribution in [0, 0.1) is 6.92 Å². The lowest BCUT2D eigenvalue weighted by Crippen LogP contribution is -2.25. The second-order valence-electron chi connectivity index (χ2n) is 8.07. The molecule has 0 heterocycles. The third-order valence-electron chi connectivity index (χ3n) is 5.39. The van der Waals surface area contributed by atoms with Crippen LogP contribution in [-0.4, -0.2) is 31.2 Å². The summed E-state index contributed by atoms with van der Waals surface area (Å²) in [4.78, 5) is 25.0. The molecule has 2 N–H and O–H groups in total. The van der Waals surface area contributed by atoms with E-state index in [9.17, 15) is 9.59 Å². The van der Waals surface area contributed by atoms with Crippen molar-refractivity contribution in [3.05, 3.63) is 102 Å². The SMILES string of the molecule is CCOc1cc(/C=N\NC(=O)CNc2ccc(C)cc2)ccc1OC(=O)c1cccc2ccccc12. The zero-order valence-corrected chi connectivity index (χ0v) is 20.2. The largest absolute Gasteiger partial charge is 0.490 e. The Morgan fingerprint density at radius 1 is 0.917 bits per heavy atom. The summed E-state index contributed by atoms with van der Waals surface area (Å²) < 4.78 is 11.4. The lowest BCUT2D eigenvalue weighted by molar-refractivity contribution is -0.119. The number of hydrogen-bond donors (Lipinski definition) is 2. The van der Waals surface area contributed by atoms with Crippen molar-refractivity contribution in [2.24, 2.45) is 5.10 Å². The van der Waals surface area contributed by atoms with Crippen molar-refractivity contribution in [3.8, 4) is 11.5 Å². The first kappa shape index (κ1) is 24.5. The molecule has 0 aliphatic rings. The molecule has 4 aromatic rings. The highest BCUT2D eigenvalue weighted by Gasteiger charge is 2.15. The molecule has 0 fully saturated rings. The van der Waals surface area contributed by atoms with E-state index in [1.54, 1.807) is 24.3 Å². The van der Waals surface area contributed by atoms with E-state index in [1.165, 1.54) is 6.21 Å². The molecular formula is C29H27N3O4. The maximum atomic E-state index is 12.9. The quantitative estimate of drug-likeness (QED) is 0.146. The van der Waals surface area contributed by atoms with Gasteiger partial charge in [-0.2, -0.15) is 5.10 Å². The van der Waals surface area contributed by atoms with Crippen LogP contribution in [0.15, 0.2) is 90.0 Å². The van der Waals surface area contributed by atoms with Gasteiger partial charge < -0.3 is 14.8 Å². The van der Waals surface area contributed by atoms with E-state index in [2.05, 4.69) is 15.8 Å². The topological polar surface area (TPSA) is 89.0 Å². The van der Waals surface area contributed by atoms with Crippen LogP contribution in [0.5, 0.6) is 11.5 Å². The molecule has 0 spiro atoms. The Bertz CT molecular complexity index is 1390. The summed E-state index contributed by atoms with van der Waals surface area (Å²) in [6.07, 6.45) is 1.50. The molecule has 0 saturated heterocycles. The molecule has 36 heavy (non-hydrogen) atoms. The van der Waals surface area contributed by atoms with E-state index >= 15 is 0 Å². The number of ether oxygens (including phenoxy) is 2. The minimum atomic E-state index is -0.470. The van der Waals surface area contributed by atoms with Gasteiger partial charge in [0.25, 0.3) is 5.91 Å². The normalized spacial score (nSPS) is 10.8. The van der Waals surface area contributed by atoms with Gasteiger partial charge in [-0.3, -0.25) is 4.79 Å². The molecule has 0 aromatic heterocycles. The van der Waals surface area contributed by atoms with Gasteiger partial charge in [-0.1, -0.05) is 54.1 Å². The molecule has 7 nitrogen and oxygen atoms in total. The molecule has 0 unspecified atom stereocenters. The summed E-state index contributed by atoms with van der Waals surface area (Å²) in [5.41, 5.74) is 5.65. The number of hydrogen-bond acceptors (Lipinski definition) is 6. The van der Waals surface area contributed by atoms with Gasteiger partial charge >= 0.3 is 5.97 Å². The van der Waals surface area contributed by atoms with Crippen LogP contribution in [0.4, 0.5) is 5.69 Å². The number of nitrogens with one attached hydrogen (secondary N) is 2. The average molecular weight is 482 g/mol. The van der Waals surface area contributed by atoms with E-state index < -0.39 is 5.97 Å². The standard InChI is InChI=1S/C29H27N3O4/c1-3-35-27-17-21(18-31-32-28(33)19-30-23-14-11-20(2)12-15-23)13-16-26(27)36-29(34)25-10-6-8-22-7-4-5-9-24(22)25/h4-18,30H,3,19H2,1-2H3,(H,32,33)/b31-18-. The van der Waals surface area contributed by atoms with Gasteiger partial charge in [0.05, 0.1) is 24.9 Å². The molecular weight excluding hydrogens is 454 g/mol. The predicted octanol–water partition coefficient (Wildman–Crippen LogP) is 5.33. The number of rotatable bonds is 9. The molecule has 182 valence electrons. The van der Waals surface area contributed by atoms with Crippen molar-refractivity contribution in [2.45, 2.75) is 13.8 Å². The van der Waals surface area contributed by atoms with Crippen molar-refractivity contribution >= 4 is 34.6 Å². The summed E-state index contributed by atoms with van der Waals surface area (Å²) in [5, 5.41) is 8.83. The fourth-order valence-electron chi connectivity index (χ4n) is 3.59. The van der Waals surface area contributed by atoms with E-state index in [1.807, 2.05) is 74.5 Å². The van der Waals surface area contributed by atoms with E-state index in [4.69, 9.17) is 9.47 Å². The molecule has 0 bridgehead atoms. The molecule has 0 aliphatic heterocycles. The van der Waals surface area contributed by atoms with Crippen molar-refractivity contribution in [3.63, 3.8) is 0 Å². The average Bonchev–Trinajstić information content (AvgIpc) is 2.89. The molecule has 1 amide bonds. The lowest BCUT2D eigenvalue weighted by atomic mass is 10.0. The van der Waals surface area contributed by atoms with Gasteiger partial charge in [0.15, 0.2) is 11.5 Å². The Morgan fingerprint density at radius 2 is 1.69 bits per heavy atom. The zero-order valence-electron chi connectivity index (χ0n) is 20.2. The van der Waals surface area contributed by atoms with Crippen molar-refractivity contribution in [2.75, 3.05) is 18.5 Å². The van der Waals surface area contributed by atoms with Crippen molar-refractivity contribution in [1.82, 2.24) is 5.43 Å². The Morgan fingerprint density at radius 3 is 2.50 bits per heavy atom.